The number of para-hydroxylation sites is 1. The predicted octanol–water partition coefficient (Wildman–Crippen LogP) is 3.14. The van der Waals surface area contributed by atoms with Gasteiger partial charge in [0.25, 0.3) is 0 Å². The Hall–Kier alpha value is -1.78. The zero-order valence-electron chi connectivity index (χ0n) is 10.6. The first-order valence-electron chi connectivity index (χ1n) is 6.13. The molecule has 0 fully saturated rings. The van der Waals surface area contributed by atoms with Crippen molar-refractivity contribution in [2.45, 2.75) is 18.9 Å². The molecule has 0 spiro atoms. The highest BCUT2D eigenvalue weighted by atomic mass is 32.1. The summed E-state index contributed by atoms with van der Waals surface area (Å²) in [6, 6.07) is 13.6. The number of rotatable bonds is 3. The Kier molecular flexibility index (Phi) is 3.05. The Morgan fingerprint density at radius 1 is 1.16 bits per heavy atom. The van der Waals surface area contributed by atoms with Crippen LogP contribution in [-0.2, 0) is 12.0 Å². The molecule has 2 aromatic heterocycles. The lowest BCUT2D eigenvalue weighted by Gasteiger charge is -2.21. The molecule has 0 aliphatic carbocycles. The first-order valence-corrected chi connectivity index (χ1v) is 6.95. The number of thiazole rings is 1. The van der Waals surface area contributed by atoms with Crippen LogP contribution in [0.15, 0.2) is 48.7 Å². The van der Waals surface area contributed by atoms with Crippen molar-refractivity contribution in [1.29, 1.82) is 0 Å². The highest BCUT2D eigenvalue weighted by molar-refractivity contribution is 7.18. The van der Waals surface area contributed by atoms with Crippen molar-refractivity contribution in [3.05, 3.63) is 59.4 Å². The van der Waals surface area contributed by atoms with Crippen molar-refractivity contribution in [2.75, 3.05) is 0 Å². The number of pyridine rings is 1. The van der Waals surface area contributed by atoms with Crippen LogP contribution in [0.3, 0.4) is 0 Å². The van der Waals surface area contributed by atoms with E-state index in [0.29, 0.717) is 12.1 Å². The minimum atomic E-state index is -0.991. The predicted molar refractivity (Wildman–Crippen MR) is 77.1 cm³/mol. The fraction of sp³-hybridized carbons (Fsp3) is 0.200. The number of aliphatic hydroxyl groups is 1. The van der Waals surface area contributed by atoms with Gasteiger partial charge in [-0.05, 0) is 31.2 Å². The largest absolute Gasteiger partial charge is 0.383 e. The van der Waals surface area contributed by atoms with Crippen molar-refractivity contribution >= 4 is 21.6 Å². The number of benzene rings is 1. The molecule has 0 amide bonds. The summed E-state index contributed by atoms with van der Waals surface area (Å²) < 4.78 is 1.15. The van der Waals surface area contributed by atoms with Crippen molar-refractivity contribution in [3.8, 4) is 0 Å². The molecule has 0 saturated heterocycles. The molecule has 2 heterocycles. The van der Waals surface area contributed by atoms with Gasteiger partial charge in [0, 0.05) is 12.6 Å². The van der Waals surface area contributed by atoms with Gasteiger partial charge in [-0.1, -0.05) is 18.2 Å². The first kappa shape index (κ1) is 12.3. The summed E-state index contributed by atoms with van der Waals surface area (Å²) in [6.45, 7) is 1.78. The van der Waals surface area contributed by atoms with E-state index in [4.69, 9.17) is 0 Å². The maximum absolute atomic E-state index is 10.6. The van der Waals surface area contributed by atoms with E-state index in [-0.39, 0.29) is 0 Å². The molecule has 1 atom stereocenters. The maximum Gasteiger partial charge on any atom is 0.110 e. The van der Waals surface area contributed by atoms with E-state index in [9.17, 15) is 5.11 Å². The van der Waals surface area contributed by atoms with E-state index in [1.807, 2.05) is 42.5 Å². The van der Waals surface area contributed by atoms with E-state index in [1.165, 1.54) is 0 Å². The second-order valence-corrected chi connectivity index (χ2v) is 5.86. The maximum atomic E-state index is 10.6. The first-order chi connectivity index (χ1) is 9.15. The van der Waals surface area contributed by atoms with Crippen LogP contribution in [0.25, 0.3) is 10.2 Å². The number of fused-ring (bicyclic) bond motifs is 1. The van der Waals surface area contributed by atoms with Crippen LogP contribution in [0.1, 0.15) is 17.6 Å². The molecule has 96 valence electrons. The van der Waals surface area contributed by atoms with Gasteiger partial charge in [-0.25, -0.2) is 4.98 Å². The Labute approximate surface area is 115 Å². The zero-order valence-corrected chi connectivity index (χ0v) is 11.4. The molecule has 1 unspecified atom stereocenters. The molecule has 0 saturated carbocycles. The average molecular weight is 270 g/mol. The average Bonchev–Trinajstić information content (AvgIpc) is 2.81. The number of aromatic nitrogens is 2. The summed E-state index contributed by atoms with van der Waals surface area (Å²) in [5, 5.41) is 11.5. The van der Waals surface area contributed by atoms with Crippen molar-refractivity contribution < 1.29 is 5.11 Å². The van der Waals surface area contributed by atoms with Gasteiger partial charge < -0.3 is 5.11 Å². The standard InChI is InChI=1S/C15H14N2OS/c1-15(18,13-8-4-5-9-16-13)10-14-17-11-6-2-3-7-12(11)19-14/h2-9,18H,10H2,1H3. The Morgan fingerprint density at radius 2 is 1.95 bits per heavy atom. The van der Waals surface area contributed by atoms with Gasteiger partial charge in [0.2, 0.25) is 0 Å². The fourth-order valence-electron chi connectivity index (χ4n) is 2.06. The highest BCUT2D eigenvalue weighted by Gasteiger charge is 2.26. The van der Waals surface area contributed by atoms with Gasteiger partial charge in [-0.2, -0.15) is 0 Å². The van der Waals surface area contributed by atoms with Crippen molar-refractivity contribution in [3.63, 3.8) is 0 Å². The van der Waals surface area contributed by atoms with Crippen LogP contribution in [0, 0.1) is 0 Å². The van der Waals surface area contributed by atoms with Crippen LogP contribution in [-0.4, -0.2) is 15.1 Å². The van der Waals surface area contributed by atoms with E-state index in [0.717, 1.165) is 15.2 Å². The minimum absolute atomic E-state index is 0.476. The molecular weight excluding hydrogens is 256 g/mol. The third-order valence-electron chi connectivity index (χ3n) is 3.05. The summed E-state index contributed by atoms with van der Waals surface area (Å²) in [5.74, 6) is 0. The van der Waals surface area contributed by atoms with E-state index < -0.39 is 5.60 Å². The Balaban J connectivity index is 1.92. The Bertz CT molecular complexity index is 658. The SMILES string of the molecule is CC(O)(Cc1nc2ccccc2s1)c1ccccn1. The van der Waals surface area contributed by atoms with Crippen LogP contribution < -0.4 is 0 Å². The zero-order chi connectivity index (χ0) is 13.3. The molecule has 3 nitrogen and oxygen atoms in total. The number of hydrogen-bond donors (Lipinski definition) is 1. The van der Waals surface area contributed by atoms with E-state index >= 15 is 0 Å². The second-order valence-electron chi connectivity index (χ2n) is 4.74. The lowest BCUT2D eigenvalue weighted by Crippen LogP contribution is -2.25. The van der Waals surface area contributed by atoms with Gasteiger partial charge in [-0.3, -0.25) is 4.98 Å². The van der Waals surface area contributed by atoms with Crippen molar-refractivity contribution in [2.24, 2.45) is 0 Å². The van der Waals surface area contributed by atoms with Crippen LogP contribution in [0.2, 0.25) is 0 Å². The summed E-state index contributed by atoms with van der Waals surface area (Å²) in [5.41, 5.74) is 0.670. The van der Waals surface area contributed by atoms with Crippen LogP contribution in [0.4, 0.5) is 0 Å². The topological polar surface area (TPSA) is 46.0 Å². The summed E-state index contributed by atoms with van der Waals surface area (Å²) in [4.78, 5) is 8.78. The lowest BCUT2D eigenvalue weighted by molar-refractivity contribution is 0.0530. The molecule has 19 heavy (non-hydrogen) atoms. The van der Waals surface area contributed by atoms with Gasteiger partial charge >= 0.3 is 0 Å². The van der Waals surface area contributed by atoms with Gasteiger partial charge in [0.05, 0.1) is 20.9 Å². The highest BCUT2D eigenvalue weighted by Crippen LogP contribution is 2.28. The third-order valence-corrected chi connectivity index (χ3v) is 4.09. The smallest absolute Gasteiger partial charge is 0.110 e. The fourth-order valence-corrected chi connectivity index (χ4v) is 3.18. The Morgan fingerprint density at radius 3 is 2.68 bits per heavy atom. The lowest BCUT2D eigenvalue weighted by atomic mass is 9.98. The quantitative estimate of drug-likeness (QED) is 0.795. The monoisotopic (exact) mass is 270 g/mol. The number of nitrogens with zero attached hydrogens (tertiary/aromatic N) is 2. The molecular formula is C15H14N2OS. The summed E-state index contributed by atoms with van der Waals surface area (Å²) in [7, 11) is 0. The van der Waals surface area contributed by atoms with Gasteiger partial charge in [0.1, 0.15) is 5.60 Å². The molecule has 0 aliphatic rings. The normalized spacial score (nSPS) is 14.4. The summed E-state index contributed by atoms with van der Waals surface area (Å²) >= 11 is 1.62. The molecule has 0 bridgehead atoms. The second kappa shape index (κ2) is 4.72. The number of hydrogen-bond acceptors (Lipinski definition) is 4. The molecule has 1 aromatic carbocycles. The van der Waals surface area contributed by atoms with Gasteiger partial charge in [0.15, 0.2) is 0 Å². The molecule has 3 rings (SSSR count). The minimum Gasteiger partial charge on any atom is -0.383 e. The third kappa shape index (κ3) is 2.50. The van der Waals surface area contributed by atoms with Crippen LogP contribution >= 0.6 is 11.3 Å². The van der Waals surface area contributed by atoms with E-state index in [1.54, 1.807) is 24.5 Å². The van der Waals surface area contributed by atoms with Gasteiger partial charge in [-0.15, -0.1) is 11.3 Å². The van der Waals surface area contributed by atoms with Crippen molar-refractivity contribution in [1.82, 2.24) is 9.97 Å². The molecule has 0 aliphatic heterocycles. The molecule has 4 heteroatoms. The molecule has 0 radical (unpaired) electrons. The molecule has 3 aromatic rings. The summed E-state index contributed by atoms with van der Waals surface area (Å²) in [6.07, 6.45) is 2.17. The van der Waals surface area contributed by atoms with E-state index in [2.05, 4.69) is 9.97 Å². The van der Waals surface area contributed by atoms with Crippen LogP contribution in [0.5, 0.6) is 0 Å². The molecule has 1 N–H and O–H groups in total.